The van der Waals surface area contributed by atoms with Gasteiger partial charge < -0.3 is 5.73 Å². The maximum absolute atomic E-state index is 6.93. The molecule has 4 nitrogen and oxygen atoms in total. The van der Waals surface area contributed by atoms with Crippen molar-refractivity contribution in [2.24, 2.45) is 10.7 Å². The molecule has 0 fully saturated rings. The minimum absolute atomic E-state index is 0.334. The van der Waals surface area contributed by atoms with Crippen LogP contribution in [-0.2, 0) is 0 Å². The van der Waals surface area contributed by atoms with Gasteiger partial charge in [0.05, 0.1) is 23.1 Å². The van der Waals surface area contributed by atoms with Crippen molar-refractivity contribution in [1.29, 1.82) is 0 Å². The van der Waals surface area contributed by atoms with Gasteiger partial charge in [-0.25, -0.2) is 0 Å². The predicted molar refractivity (Wildman–Crippen MR) is 233 cm³/mol. The summed E-state index contributed by atoms with van der Waals surface area (Å²) < 4.78 is 0. The molecule has 0 saturated heterocycles. The van der Waals surface area contributed by atoms with Gasteiger partial charge in [0, 0.05) is 35.3 Å². The van der Waals surface area contributed by atoms with Crippen LogP contribution < -0.4 is 5.73 Å². The van der Waals surface area contributed by atoms with Crippen LogP contribution in [0.25, 0.3) is 66.7 Å². The van der Waals surface area contributed by atoms with Crippen LogP contribution >= 0.6 is 0 Å². The van der Waals surface area contributed by atoms with E-state index in [9.17, 15) is 0 Å². The summed E-state index contributed by atoms with van der Waals surface area (Å²) in [7, 11) is 0. The summed E-state index contributed by atoms with van der Waals surface area (Å²) in [6.07, 6.45) is 5.76. The first-order chi connectivity index (χ1) is 27.7. The van der Waals surface area contributed by atoms with Crippen molar-refractivity contribution in [3.63, 3.8) is 0 Å². The Balaban J connectivity index is 1.13. The summed E-state index contributed by atoms with van der Waals surface area (Å²) in [5.41, 5.74) is 21.2. The number of aliphatic imine (C=N–C) groups is 1. The topological polar surface area (TPSA) is 64.2 Å². The first kappa shape index (κ1) is 34.5. The molecule has 0 aliphatic heterocycles. The number of fused-ring (bicyclic) bond motifs is 1. The third-order valence-corrected chi connectivity index (χ3v) is 10.3. The lowest BCUT2D eigenvalue weighted by molar-refractivity contribution is 0.872. The van der Waals surface area contributed by atoms with Crippen molar-refractivity contribution in [2.75, 3.05) is 0 Å². The fourth-order valence-electron chi connectivity index (χ4n) is 7.31. The van der Waals surface area contributed by atoms with Gasteiger partial charge >= 0.3 is 0 Å². The third-order valence-electron chi connectivity index (χ3n) is 10.3. The highest BCUT2D eigenvalue weighted by Crippen LogP contribution is 2.35. The summed E-state index contributed by atoms with van der Waals surface area (Å²) >= 11 is 0. The Labute approximate surface area is 327 Å². The standard InChI is InChI=1S/C52H38N4/c53-52(41-15-5-2-6-16-41)48-27-25-42(37-12-3-1-4-13-37)33-51(48)55-34-36-30-44(38-21-23-40(24-22-38)49-20-9-10-29-54-49)32-45(31-36)43-26-28-50(56-35-43)47-19-11-17-39-14-7-8-18-46(39)47/h1-35,52H,53H2. The first-order valence-electron chi connectivity index (χ1n) is 18.8. The van der Waals surface area contributed by atoms with E-state index >= 15 is 0 Å². The average molecular weight is 719 g/mol. The van der Waals surface area contributed by atoms with Gasteiger partial charge in [0.2, 0.25) is 0 Å². The zero-order chi connectivity index (χ0) is 37.7. The van der Waals surface area contributed by atoms with Crippen molar-refractivity contribution >= 4 is 22.7 Å². The van der Waals surface area contributed by atoms with E-state index in [-0.39, 0.29) is 6.04 Å². The number of hydrogen-bond donors (Lipinski definition) is 1. The third kappa shape index (κ3) is 7.30. The molecule has 1 atom stereocenters. The smallest absolute Gasteiger partial charge is 0.0708 e. The molecule has 4 heteroatoms. The van der Waals surface area contributed by atoms with Crippen LogP contribution in [0, 0.1) is 0 Å². The summed E-state index contributed by atoms with van der Waals surface area (Å²) in [5, 5.41) is 2.39. The van der Waals surface area contributed by atoms with Crippen molar-refractivity contribution < 1.29 is 0 Å². The fraction of sp³-hybridized carbons (Fsp3) is 0.0192. The SMILES string of the molecule is NC(c1ccccc1)c1ccc(-c2ccccc2)cc1N=Cc1cc(-c2ccc(-c3ccccn3)cc2)cc(-c2ccc(-c3cccc4ccccc34)nc2)c1. The van der Waals surface area contributed by atoms with Crippen LogP contribution in [0.3, 0.4) is 0 Å². The molecule has 0 spiro atoms. The molecule has 2 heterocycles. The Morgan fingerprint density at radius 1 is 0.464 bits per heavy atom. The average Bonchev–Trinajstić information content (AvgIpc) is 3.28. The number of hydrogen-bond acceptors (Lipinski definition) is 4. The lowest BCUT2D eigenvalue weighted by Gasteiger charge is -2.16. The molecule has 0 radical (unpaired) electrons. The van der Waals surface area contributed by atoms with E-state index in [0.29, 0.717) is 0 Å². The van der Waals surface area contributed by atoms with E-state index in [1.807, 2.05) is 61.1 Å². The zero-order valence-electron chi connectivity index (χ0n) is 30.7. The van der Waals surface area contributed by atoms with Gasteiger partial charge in [-0.05, 0) is 97.7 Å². The van der Waals surface area contributed by atoms with Gasteiger partial charge in [0.15, 0.2) is 0 Å². The molecule has 1 unspecified atom stereocenters. The zero-order valence-corrected chi connectivity index (χ0v) is 30.7. The van der Waals surface area contributed by atoms with Gasteiger partial charge in [-0.2, -0.15) is 0 Å². The van der Waals surface area contributed by atoms with Crippen LogP contribution in [-0.4, -0.2) is 16.2 Å². The molecule has 2 aromatic heterocycles. The van der Waals surface area contributed by atoms with E-state index in [1.165, 1.54) is 10.8 Å². The number of aromatic nitrogens is 2. The van der Waals surface area contributed by atoms with E-state index in [4.69, 9.17) is 15.7 Å². The second-order valence-corrected chi connectivity index (χ2v) is 13.9. The van der Waals surface area contributed by atoms with Crippen molar-refractivity contribution in [3.05, 3.63) is 223 Å². The second kappa shape index (κ2) is 15.6. The molecule has 0 saturated carbocycles. The number of rotatable bonds is 9. The molecule has 266 valence electrons. The van der Waals surface area contributed by atoms with Crippen LogP contribution in [0.2, 0.25) is 0 Å². The molecule has 9 aromatic rings. The van der Waals surface area contributed by atoms with Crippen LogP contribution in [0.4, 0.5) is 5.69 Å². The van der Waals surface area contributed by atoms with Gasteiger partial charge in [0.25, 0.3) is 0 Å². The van der Waals surface area contributed by atoms with Crippen LogP contribution in [0.5, 0.6) is 0 Å². The quantitative estimate of drug-likeness (QED) is 0.151. The minimum Gasteiger partial charge on any atom is -0.320 e. The minimum atomic E-state index is -0.334. The summed E-state index contributed by atoms with van der Waals surface area (Å²) in [6.45, 7) is 0. The normalized spacial score (nSPS) is 11.9. The van der Waals surface area contributed by atoms with Gasteiger partial charge in [-0.1, -0.05) is 152 Å². The van der Waals surface area contributed by atoms with Crippen molar-refractivity contribution in [3.8, 4) is 55.9 Å². The van der Waals surface area contributed by atoms with Gasteiger partial charge in [0.1, 0.15) is 0 Å². The molecule has 2 N–H and O–H groups in total. The van der Waals surface area contributed by atoms with E-state index in [2.05, 4.69) is 157 Å². The molecular formula is C52H38N4. The fourth-order valence-corrected chi connectivity index (χ4v) is 7.31. The Morgan fingerprint density at radius 3 is 1.89 bits per heavy atom. The molecule has 9 rings (SSSR count). The van der Waals surface area contributed by atoms with E-state index in [1.54, 1.807) is 0 Å². The second-order valence-electron chi connectivity index (χ2n) is 13.9. The Morgan fingerprint density at radius 2 is 1.12 bits per heavy atom. The highest BCUT2D eigenvalue weighted by Gasteiger charge is 2.15. The molecule has 0 aliphatic rings. The maximum atomic E-state index is 6.93. The molecule has 56 heavy (non-hydrogen) atoms. The Hall–Kier alpha value is -7.27. The maximum Gasteiger partial charge on any atom is 0.0708 e. The molecule has 7 aromatic carbocycles. The molecule has 0 bridgehead atoms. The van der Waals surface area contributed by atoms with E-state index in [0.717, 1.165) is 78.3 Å². The molecule has 0 amide bonds. The predicted octanol–water partition coefficient (Wildman–Crippen LogP) is 12.8. The highest BCUT2D eigenvalue weighted by atomic mass is 14.7. The summed E-state index contributed by atoms with van der Waals surface area (Å²) in [4.78, 5) is 14.7. The lowest BCUT2D eigenvalue weighted by atomic mass is 9.94. The number of benzene rings is 7. The molecule has 0 aliphatic carbocycles. The van der Waals surface area contributed by atoms with Crippen molar-refractivity contribution in [1.82, 2.24) is 9.97 Å². The largest absolute Gasteiger partial charge is 0.320 e. The number of nitrogens with zero attached hydrogens (tertiary/aromatic N) is 3. The highest BCUT2D eigenvalue weighted by molar-refractivity contribution is 5.96. The van der Waals surface area contributed by atoms with E-state index < -0.39 is 0 Å². The number of pyridine rings is 2. The van der Waals surface area contributed by atoms with Crippen LogP contribution in [0.1, 0.15) is 22.7 Å². The van der Waals surface area contributed by atoms with Crippen LogP contribution in [0.15, 0.2) is 212 Å². The lowest BCUT2D eigenvalue weighted by Crippen LogP contribution is -2.12. The first-order valence-corrected chi connectivity index (χ1v) is 18.8. The monoisotopic (exact) mass is 718 g/mol. The van der Waals surface area contributed by atoms with Gasteiger partial charge in [-0.15, -0.1) is 0 Å². The number of nitrogens with two attached hydrogens (primary N) is 1. The summed E-state index contributed by atoms with van der Waals surface area (Å²) in [6, 6.07) is 66.9. The van der Waals surface area contributed by atoms with Crippen molar-refractivity contribution in [2.45, 2.75) is 6.04 Å². The summed E-state index contributed by atoms with van der Waals surface area (Å²) in [5.74, 6) is 0. The molecular weight excluding hydrogens is 681 g/mol. The Kier molecular flexibility index (Phi) is 9.61. The Bertz CT molecular complexity index is 2770. The van der Waals surface area contributed by atoms with Gasteiger partial charge in [-0.3, -0.25) is 15.0 Å².